The largest absolute Gasteiger partial charge is 0.456 e. The molecule has 0 radical (unpaired) electrons. The quantitative estimate of drug-likeness (QED) is 0.171. The van der Waals surface area contributed by atoms with Gasteiger partial charge in [-0.15, -0.1) is 0 Å². The molecule has 0 fully saturated rings. The molecule has 5 heteroatoms. The van der Waals surface area contributed by atoms with Crippen molar-refractivity contribution in [2.45, 2.75) is 0 Å². The second-order valence-electron chi connectivity index (χ2n) is 14.0. The van der Waals surface area contributed by atoms with Crippen LogP contribution in [0.4, 0.5) is 0 Å². The summed E-state index contributed by atoms with van der Waals surface area (Å²) in [5.74, 6) is 1.89. The molecule has 56 heavy (non-hydrogen) atoms. The molecule has 11 aromatic rings. The highest BCUT2D eigenvalue weighted by Crippen LogP contribution is 2.42. The van der Waals surface area contributed by atoms with Crippen molar-refractivity contribution < 1.29 is 8.83 Å². The highest BCUT2D eigenvalue weighted by Gasteiger charge is 2.18. The number of fused-ring (bicyclic) bond motifs is 6. The average Bonchev–Trinajstić information content (AvgIpc) is 3.84. The molecular formula is C51H31N3O2. The fraction of sp³-hybridized carbons (Fsp3) is 0. The summed E-state index contributed by atoms with van der Waals surface area (Å²) in [4.78, 5) is 14.8. The molecular weight excluding hydrogens is 687 g/mol. The molecule has 0 aliphatic carbocycles. The number of hydrogen-bond donors (Lipinski definition) is 0. The SMILES string of the molecule is c1ccc(-c2nc(-c3ccccc3)nc(-c3cccc(-c4ccc5c(c4)oc4cccc(-c6ccccc6-c6ccc7c(c6)oc6ccccc67)c45)c3)n2)cc1. The van der Waals surface area contributed by atoms with Crippen molar-refractivity contribution in [3.05, 3.63) is 188 Å². The molecule has 0 aliphatic heterocycles. The van der Waals surface area contributed by atoms with Crippen molar-refractivity contribution in [2.24, 2.45) is 0 Å². The van der Waals surface area contributed by atoms with Gasteiger partial charge in [-0.05, 0) is 75.8 Å². The smallest absolute Gasteiger partial charge is 0.164 e. The lowest BCUT2D eigenvalue weighted by molar-refractivity contribution is 0.668. The van der Waals surface area contributed by atoms with Crippen LogP contribution < -0.4 is 0 Å². The van der Waals surface area contributed by atoms with E-state index in [9.17, 15) is 0 Å². The van der Waals surface area contributed by atoms with Crippen LogP contribution in [0.1, 0.15) is 0 Å². The van der Waals surface area contributed by atoms with Gasteiger partial charge in [0.2, 0.25) is 0 Å². The molecule has 0 unspecified atom stereocenters. The lowest BCUT2D eigenvalue weighted by atomic mass is 9.91. The molecule has 0 atom stereocenters. The van der Waals surface area contributed by atoms with E-state index in [1.54, 1.807) is 0 Å². The van der Waals surface area contributed by atoms with Crippen LogP contribution in [0.2, 0.25) is 0 Å². The topological polar surface area (TPSA) is 65.0 Å². The summed E-state index contributed by atoms with van der Waals surface area (Å²) in [6, 6.07) is 64.6. The van der Waals surface area contributed by atoms with E-state index in [0.29, 0.717) is 17.5 Å². The first-order chi connectivity index (χ1) is 27.7. The van der Waals surface area contributed by atoms with Gasteiger partial charge in [-0.25, -0.2) is 15.0 Å². The molecule has 3 aromatic heterocycles. The summed E-state index contributed by atoms with van der Waals surface area (Å²) in [6.45, 7) is 0. The number of hydrogen-bond acceptors (Lipinski definition) is 5. The normalized spacial score (nSPS) is 11.6. The fourth-order valence-electron chi connectivity index (χ4n) is 7.87. The van der Waals surface area contributed by atoms with Crippen LogP contribution in [-0.4, -0.2) is 15.0 Å². The Kier molecular flexibility index (Phi) is 7.42. The van der Waals surface area contributed by atoms with Crippen LogP contribution in [0.25, 0.3) is 111 Å². The van der Waals surface area contributed by atoms with Gasteiger partial charge >= 0.3 is 0 Å². The number of para-hydroxylation sites is 1. The minimum atomic E-state index is 0.618. The second-order valence-corrected chi connectivity index (χ2v) is 14.0. The molecule has 8 aromatic carbocycles. The maximum atomic E-state index is 6.61. The third-order valence-corrected chi connectivity index (χ3v) is 10.6. The number of rotatable bonds is 6. The van der Waals surface area contributed by atoms with Gasteiger partial charge in [0.25, 0.3) is 0 Å². The van der Waals surface area contributed by atoms with Crippen LogP contribution in [0.15, 0.2) is 197 Å². The van der Waals surface area contributed by atoms with Gasteiger partial charge in [-0.3, -0.25) is 0 Å². The predicted molar refractivity (Wildman–Crippen MR) is 227 cm³/mol. The van der Waals surface area contributed by atoms with Crippen LogP contribution in [0.5, 0.6) is 0 Å². The van der Waals surface area contributed by atoms with E-state index < -0.39 is 0 Å². The number of furan rings is 2. The molecule has 11 rings (SSSR count). The van der Waals surface area contributed by atoms with Gasteiger partial charge in [0.05, 0.1) is 0 Å². The van der Waals surface area contributed by atoms with Gasteiger partial charge in [0.1, 0.15) is 22.3 Å². The third kappa shape index (κ3) is 5.45. The van der Waals surface area contributed by atoms with E-state index in [-0.39, 0.29) is 0 Å². The van der Waals surface area contributed by atoms with Gasteiger partial charge in [0.15, 0.2) is 17.5 Å². The van der Waals surface area contributed by atoms with Crippen molar-refractivity contribution in [3.8, 4) is 67.5 Å². The van der Waals surface area contributed by atoms with Crippen LogP contribution in [0.3, 0.4) is 0 Å². The molecule has 0 aliphatic rings. The highest BCUT2D eigenvalue weighted by molar-refractivity contribution is 6.14. The Hall–Kier alpha value is -7.63. The third-order valence-electron chi connectivity index (χ3n) is 10.6. The fourth-order valence-corrected chi connectivity index (χ4v) is 7.87. The Labute approximate surface area is 322 Å². The Bertz CT molecular complexity index is 3200. The molecule has 0 bridgehead atoms. The Balaban J connectivity index is 0.995. The number of nitrogens with zero attached hydrogens (tertiary/aromatic N) is 3. The molecule has 0 N–H and O–H groups in total. The van der Waals surface area contributed by atoms with Gasteiger partial charge in [0, 0.05) is 38.2 Å². The molecule has 0 saturated carbocycles. The van der Waals surface area contributed by atoms with E-state index in [1.165, 1.54) is 0 Å². The summed E-state index contributed by atoms with van der Waals surface area (Å²) in [5.41, 5.74) is 12.8. The Morgan fingerprint density at radius 3 is 1.54 bits per heavy atom. The lowest BCUT2D eigenvalue weighted by Gasteiger charge is -2.11. The molecule has 262 valence electrons. The standard InChI is InChI=1S/C51H31N3O2/c1-3-13-32(14-4-1)49-52-50(33-15-5-2-6-16-33)54-51(53-49)37-18-11-17-34(29-37)35-25-28-43-47(30-35)56-45-24-12-22-42(48(43)45)39-20-8-7-19-38(39)36-26-27-41-40-21-9-10-23-44(40)55-46(41)31-36/h1-31H. The Morgan fingerprint density at radius 1 is 0.268 bits per heavy atom. The first-order valence-electron chi connectivity index (χ1n) is 18.7. The monoisotopic (exact) mass is 717 g/mol. The summed E-state index contributed by atoms with van der Waals surface area (Å²) >= 11 is 0. The van der Waals surface area contributed by atoms with Gasteiger partial charge in [-0.1, -0.05) is 146 Å². The molecule has 0 amide bonds. The van der Waals surface area contributed by atoms with Crippen molar-refractivity contribution in [2.75, 3.05) is 0 Å². The zero-order chi connectivity index (χ0) is 37.0. The summed E-state index contributed by atoms with van der Waals surface area (Å²) in [6.07, 6.45) is 0. The summed E-state index contributed by atoms with van der Waals surface area (Å²) in [7, 11) is 0. The molecule has 5 nitrogen and oxygen atoms in total. The first-order valence-corrected chi connectivity index (χ1v) is 18.7. The zero-order valence-electron chi connectivity index (χ0n) is 30.1. The second kappa shape index (κ2) is 13.0. The highest BCUT2D eigenvalue weighted by atomic mass is 16.3. The number of aromatic nitrogens is 3. The molecule has 0 spiro atoms. The van der Waals surface area contributed by atoms with Crippen molar-refractivity contribution in [3.63, 3.8) is 0 Å². The van der Waals surface area contributed by atoms with Crippen molar-refractivity contribution in [1.82, 2.24) is 15.0 Å². The molecule has 0 saturated heterocycles. The predicted octanol–water partition coefficient (Wildman–Crippen LogP) is 13.7. The first kappa shape index (κ1) is 31.9. The Morgan fingerprint density at radius 2 is 0.750 bits per heavy atom. The van der Waals surface area contributed by atoms with E-state index in [2.05, 4.69) is 115 Å². The van der Waals surface area contributed by atoms with Crippen LogP contribution in [0, 0.1) is 0 Å². The van der Waals surface area contributed by atoms with Crippen LogP contribution >= 0.6 is 0 Å². The van der Waals surface area contributed by atoms with Gasteiger partial charge < -0.3 is 8.83 Å². The summed E-state index contributed by atoms with van der Waals surface area (Å²) < 4.78 is 12.9. The maximum Gasteiger partial charge on any atom is 0.164 e. The van der Waals surface area contributed by atoms with E-state index in [0.717, 1.165) is 93.9 Å². The zero-order valence-corrected chi connectivity index (χ0v) is 30.1. The van der Waals surface area contributed by atoms with Gasteiger partial charge in [-0.2, -0.15) is 0 Å². The van der Waals surface area contributed by atoms with Crippen molar-refractivity contribution in [1.29, 1.82) is 0 Å². The van der Waals surface area contributed by atoms with Crippen molar-refractivity contribution >= 4 is 43.9 Å². The summed E-state index contributed by atoms with van der Waals surface area (Å²) in [5, 5.41) is 4.40. The maximum absolute atomic E-state index is 6.61. The van der Waals surface area contributed by atoms with E-state index >= 15 is 0 Å². The lowest BCUT2D eigenvalue weighted by Crippen LogP contribution is -2.00. The molecule has 3 heterocycles. The number of benzene rings is 8. The van der Waals surface area contributed by atoms with E-state index in [4.69, 9.17) is 23.8 Å². The van der Waals surface area contributed by atoms with E-state index in [1.807, 2.05) is 72.8 Å². The average molecular weight is 718 g/mol. The van der Waals surface area contributed by atoms with Crippen LogP contribution in [-0.2, 0) is 0 Å². The minimum Gasteiger partial charge on any atom is -0.456 e. The minimum absolute atomic E-state index is 0.618.